The van der Waals surface area contributed by atoms with Gasteiger partial charge in [0.1, 0.15) is 5.76 Å². The van der Waals surface area contributed by atoms with Gasteiger partial charge in [0.15, 0.2) is 0 Å². The number of imidazole rings is 1. The summed E-state index contributed by atoms with van der Waals surface area (Å²) in [5.74, 6) is 1.44. The molecule has 0 fully saturated rings. The minimum Gasteiger partial charge on any atom is -0.467 e. The van der Waals surface area contributed by atoms with Crippen molar-refractivity contribution in [2.45, 2.75) is 13.5 Å². The molecule has 3 heterocycles. The van der Waals surface area contributed by atoms with Crippen molar-refractivity contribution in [2.24, 2.45) is 14.1 Å². The smallest absolute Gasteiger partial charge is 0.328 e. The number of rotatable bonds is 7. The maximum atomic E-state index is 12.1. The molecule has 0 radical (unpaired) electrons. The molecule has 0 aliphatic carbocycles. The first kappa shape index (κ1) is 18.5. The van der Waals surface area contributed by atoms with Crippen LogP contribution in [0.25, 0.3) is 11.0 Å². The van der Waals surface area contributed by atoms with Crippen molar-refractivity contribution in [3.63, 3.8) is 0 Å². The fourth-order valence-corrected chi connectivity index (χ4v) is 2.98. The Labute approximate surface area is 166 Å². The molecule has 0 atom stereocenters. The van der Waals surface area contributed by atoms with Crippen molar-refractivity contribution in [1.29, 1.82) is 0 Å². The van der Waals surface area contributed by atoms with E-state index in [1.54, 1.807) is 29.5 Å². The summed E-state index contributed by atoms with van der Waals surface area (Å²) in [6.45, 7) is 2.72. The number of nitrogens with zero attached hydrogens (tertiary/aromatic N) is 5. The van der Waals surface area contributed by atoms with Gasteiger partial charge in [-0.25, -0.2) is 4.79 Å². The molecule has 0 bridgehead atoms. The van der Waals surface area contributed by atoms with Gasteiger partial charge in [0.2, 0.25) is 11.9 Å². The van der Waals surface area contributed by atoms with E-state index in [2.05, 4.69) is 25.6 Å². The van der Waals surface area contributed by atoms with Crippen molar-refractivity contribution in [2.75, 3.05) is 17.2 Å². The van der Waals surface area contributed by atoms with Crippen LogP contribution in [0.2, 0.25) is 0 Å². The third-order valence-corrected chi connectivity index (χ3v) is 4.42. The molecule has 0 unspecified atom stereocenters. The first-order chi connectivity index (χ1) is 14.0. The molecular formula is C19H21N7O3. The molecule has 29 heavy (non-hydrogen) atoms. The van der Waals surface area contributed by atoms with Crippen molar-refractivity contribution in [1.82, 2.24) is 24.1 Å². The predicted octanol–water partition coefficient (Wildman–Crippen LogP) is 2.41. The molecule has 10 heteroatoms. The largest absolute Gasteiger partial charge is 0.467 e. The zero-order valence-corrected chi connectivity index (χ0v) is 16.3. The number of fused-ring (bicyclic) bond motifs is 1. The molecule has 0 amide bonds. The second-order valence-electron chi connectivity index (χ2n) is 6.36. The normalized spacial score (nSPS) is 11.0. The summed E-state index contributed by atoms with van der Waals surface area (Å²) in [4.78, 5) is 25.1. The van der Waals surface area contributed by atoms with E-state index < -0.39 is 0 Å². The van der Waals surface area contributed by atoms with Crippen LogP contribution in [0, 0.1) is 0 Å². The van der Waals surface area contributed by atoms with Gasteiger partial charge in [-0.2, -0.15) is 15.0 Å². The summed E-state index contributed by atoms with van der Waals surface area (Å²) in [5, 5.41) is 6.25. The van der Waals surface area contributed by atoms with Crippen LogP contribution in [-0.4, -0.2) is 30.7 Å². The molecule has 4 aromatic rings. The molecule has 150 valence electrons. The Kier molecular flexibility index (Phi) is 4.90. The topological polar surface area (TPSA) is 112 Å². The van der Waals surface area contributed by atoms with Gasteiger partial charge in [-0.15, -0.1) is 0 Å². The van der Waals surface area contributed by atoms with Crippen LogP contribution < -0.4 is 21.1 Å². The second kappa shape index (κ2) is 7.66. The molecule has 0 saturated carbocycles. The predicted molar refractivity (Wildman–Crippen MR) is 108 cm³/mol. The minimum absolute atomic E-state index is 0.0830. The first-order valence-electron chi connectivity index (χ1n) is 9.12. The van der Waals surface area contributed by atoms with Crippen molar-refractivity contribution >= 4 is 28.6 Å². The Morgan fingerprint density at radius 1 is 1.07 bits per heavy atom. The number of aromatic nitrogens is 5. The highest BCUT2D eigenvalue weighted by atomic mass is 16.5. The fourth-order valence-electron chi connectivity index (χ4n) is 2.98. The molecule has 0 aliphatic heterocycles. The molecular weight excluding hydrogens is 374 g/mol. The van der Waals surface area contributed by atoms with E-state index in [1.165, 1.54) is 0 Å². The van der Waals surface area contributed by atoms with E-state index in [-0.39, 0.29) is 11.7 Å². The Hall–Kier alpha value is -3.82. The van der Waals surface area contributed by atoms with Gasteiger partial charge in [0.25, 0.3) is 0 Å². The lowest BCUT2D eigenvalue weighted by atomic mass is 10.2. The van der Waals surface area contributed by atoms with Gasteiger partial charge in [0, 0.05) is 19.8 Å². The third-order valence-electron chi connectivity index (χ3n) is 4.42. The van der Waals surface area contributed by atoms with Gasteiger partial charge in [0.05, 0.1) is 30.4 Å². The fraction of sp³-hybridized carbons (Fsp3) is 0.263. The van der Waals surface area contributed by atoms with Crippen molar-refractivity contribution < 1.29 is 9.15 Å². The van der Waals surface area contributed by atoms with E-state index >= 15 is 0 Å². The summed E-state index contributed by atoms with van der Waals surface area (Å²) < 4.78 is 14.0. The van der Waals surface area contributed by atoms with Crippen LogP contribution in [-0.2, 0) is 20.6 Å². The zero-order valence-electron chi connectivity index (χ0n) is 16.3. The highest BCUT2D eigenvalue weighted by Gasteiger charge is 2.11. The highest BCUT2D eigenvalue weighted by molar-refractivity contribution is 5.81. The molecule has 2 N–H and O–H groups in total. The van der Waals surface area contributed by atoms with Crippen molar-refractivity contribution in [3.05, 3.63) is 52.8 Å². The summed E-state index contributed by atoms with van der Waals surface area (Å²) in [7, 11) is 3.48. The van der Waals surface area contributed by atoms with Crippen molar-refractivity contribution in [3.8, 4) is 6.01 Å². The third kappa shape index (κ3) is 3.77. The lowest BCUT2D eigenvalue weighted by molar-refractivity contribution is 0.312. The molecule has 1 aromatic carbocycles. The van der Waals surface area contributed by atoms with Gasteiger partial charge in [-0.3, -0.25) is 9.13 Å². The highest BCUT2D eigenvalue weighted by Crippen LogP contribution is 2.21. The maximum absolute atomic E-state index is 12.1. The molecule has 0 saturated heterocycles. The first-order valence-corrected chi connectivity index (χ1v) is 9.12. The molecule has 0 spiro atoms. The zero-order chi connectivity index (χ0) is 20.4. The van der Waals surface area contributed by atoms with Crippen LogP contribution in [0.1, 0.15) is 12.7 Å². The van der Waals surface area contributed by atoms with Gasteiger partial charge < -0.3 is 19.8 Å². The Morgan fingerprint density at radius 3 is 2.62 bits per heavy atom. The second-order valence-corrected chi connectivity index (χ2v) is 6.36. The SMILES string of the molecule is CCOc1nc(NCc2ccco2)nc(Nc2ccc3c(c2)n(C)c(=O)n3C)n1. The van der Waals surface area contributed by atoms with Gasteiger partial charge in [-0.1, -0.05) is 0 Å². The Balaban J connectivity index is 1.62. The van der Waals surface area contributed by atoms with Crippen LogP contribution >= 0.6 is 0 Å². The maximum Gasteiger partial charge on any atom is 0.328 e. The standard InChI is InChI=1S/C19H21N7O3/c1-4-28-18-23-16(20-11-13-6-5-9-29-13)22-17(24-18)21-12-7-8-14-15(10-12)26(3)19(27)25(14)2/h5-10H,4,11H2,1-3H3,(H2,20,21,22,23,24). The number of hydrogen-bond acceptors (Lipinski definition) is 8. The number of benzene rings is 1. The van der Waals surface area contributed by atoms with Crippen LogP contribution in [0.5, 0.6) is 6.01 Å². The van der Waals surface area contributed by atoms with Crippen LogP contribution in [0.3, 0.4) is 0 Å². The Bertz CT molecular complexity index is 1190. The number of ether oxygens (including phenoxy) is 1. The number of furan rings is 1. The van der Waals surface area contributed by atoms with Crippen LogP contribution in [0.4, 0.5) is 17.6 Å². The quantitative estimate of drug-likeness (QED) is 0.491. The van der Waals surface area contributed by atoms with Gasteiger partial charge >= 0.3 is 11.7 Å². The van der Waals surface area contributed by atoms with E-state index in [0.29, 0.717) is 25.0 Å². The summed E-state index contributed by atoms with van der Waals surface area (Å²) >= 11 is 0. The molecule has 3 aromatic heterocycles. The minimum atomic E-state index is -0.0830. The summed E-state index contributed by atoms with van der Waals surface area (Å²) in [6, 6.07) is 9.49. The number of aryl methyl sites for hydroxylation is 2. The van der Waals surface area contributed by atoms with E-state index in [4.69, 9.17) is 9.15 Å². The average molecular weight is 395 g/mol. The number of anilines is 3. The van der Waals surface area contributed by atoms with E-state index in [0.717, 1.165) is 22.5 Å². The summed E-state index contributed by atoms with van der Waals surface area (Å²) in [6.07, 6.45) is 1.61. The van der Waals surface area contributed by atoms with E-state index in [9.17, 15) is 4.79 Å². The molecule has 4 rings (SSSR count). The van der Waals surface area contributed by atoms with Gasteiger partial charge in [-0.05, 0) is 37.3 Å². The molecule has 0 aliphatic rings. The number of hydrogen-bond donors (Lipinski definition) is 2. The lowest BCUT2D eigenvalue weighted by Crippen LogP contribution is -2.19. The number of nitrogens with one attached hydrogen (secondary N) is 2. The van der Waals surface area contributed by atoms with E-state index in [1.807, 2.05) is 37.3 Å². The Morgan fingerprint density at radius 2 is 1.86 bits per heavy atom. The molecule has 10 nitrogen and oxygen atoms in total. The average Bonchev–Trinajstić information content (AvgIpc) is 3.30. The monoisotopic (exact) mass is 395 g/mol. The summed E-state index contributed by atoms with van der Waals surface area (Å²) in [5.41, 5.74) is 2.30. The van der Waals surface area contributed by atoms with Crippen LogP contribution in [0.15, 0.2) is 45.8 Å². The lowest BCUT2D eigenvalue weighted by Gasteiger charge is -2.10.